The van der Waals surface area contributed by atoms with Crippen LogP contribution in [0, 0.1) is 0 Å². The molecule has 0 aliphatic heterocycles. The first kappa shape index (κ1) is 25.2. The Morgan fingerprint density at radius 3 is 2.21 bits per heavy atom. The molecule has 4 heterocycles. The number of aromatic nitrogens is 6. The highest BCUT2D eigenvalue weighted by Gasteiger charge is 2.32. The highest BCUT2D eigenvalue weighted by molar-refractivity contribution is 6.30. The van der Waals surface area contributed by atoms with Crippen LogP contribution in [0.5, 0.6) is 5.88 Å². The second-order valence-corrected chi connectivity index (χ2v) is 8.74. The van der Waals surface area contributed by atoms with Gasteiger partial charge in [0.1, 0.15) is 5.69 Å². The van der Waals surface area contributed by atoms with E-state index in [2.05, 4.69) is 15.1 Å². The summed E-state index contributed by atoms with van der Waals surface area (Å²) in [6.07, 6.45) is -2.06. The van der Waals surface area contributed by atoms with Crippen molar-refractivity contribution in [3.8, 4) is 28.1 Å². The molecule has 0 radical (unpaired) electrons. The summed E-state index contributed by atoms with van der Waals surface area (Å²) in [6.45, 7) is -0.170. The van der Waals surface area contributed by atoms with Crippen LogP contribution in [-0.2, 0) is 19.8 Å². The largest absolute Gasteiger partial charge is 0.481 e. The molecule has 0 amide bonds. The molecular formula is C25H18ClF3N6O3. The molecule has 0 N–H and O–H groups in total. The van der Waals surface area contributed by atoms with Gasteiger partial charge in [-0.3, -0.25) is 9.78 Å². The number of fused-ring (bicyclic) bond motifs is 1. The number of hydrogen-bond acceptors (Lipinski definition) is 6. The minimum Gasteiger partial charge on any atom is -0.481 e. The first-order chi connectivity index (χ1) is 18.1. The third-order valence-electron chi connectivity index (χ3n) is 5.91. The predicted molar refractivity (Wildman–Crippen MR) is 133 cm³/mol. The Bertz CT molecular complexity index is 1760. The van der Waals surface area contributed by atoms with Crippen LogP contribution in [0.3, 0.4) is 0 Å². The number of halogens is 4. The van der Waals surface area contributed by atoms with Gasteiger partial charge in [-0.05, 0) is 35.4 Å². The number of alkyl halides is 3. The van der Waals surface area contributed by atoms with Gasteiger partial charge in [-0.2, -0.15) is 17.7 Å². The second kappa shape index (κ2) is 9.45. The molecule has 38 heavy (non-hydrogen) atoms. The van der Waals surface area contributed by atoms with Gasteiger partial charge in [0.15, 0.2) is 5.65 Å². The van der Waals surface area contributed by atoms with Crippen molar-refractivity contribution >= 4 is 17.2 Å². The summed E-state index contributed by atoms with van der Waals surface area (Å²) in [4.78, 5) is 34.6. The van der Waals surface area contributed by atoms with E-state index in [1.165, 1.54) is 26.4 Å². The summed E-state index contributed by atoms with van der Waals surface area (Å²) >= 11 is 6.06. The Morgan fingerprint density at radius 1 is 0.921 bits per heavy atom. The first-order valence-corrected chi connectivity index (χ1v) is 11.5. The zero-order valence-corrected chi connectivity index (χ0v) is 20.7. The monoisotopic (exact) mass is 542 g/mol. The van der Waals surface area contributed by atoms with Crippen LogP contribution >= 0.6 is 11.6 Å². The Kier molecular flexibility index (Phi) is 6.27. The van der Waals surface area contributed by atoms with Crippen molar-refractivity contribution in [1.82, 2.24) is 28.9 Å². The maximum atomic E-state index is 13.6. The molecule has 0 bridgehead atoms. The number of pyridine rings is 2. The summed E-state index contributed by atoms with van der Waals surface area (Å²) in [5, 5.41) is 4.95. The summed E-state index contributed by atoms with van der Waals surface area (Å²) < 4.78 is 47.1. The lowest BCUT2D eigenvalue weighted by Gasteiger charge is -2.13. The van der Waals surface area contributed by atoms with Crippen LogP contribution in [-0.4, -0.2) is 36.1 Å². The van der Waals surface area contributed by atoms with Crippen molar-refractivity contribution in [2.24, 2.45) is 7.05 Å². The molecule has 0 saturated heterocycles. The quantitative estimate of drug-likeness (QED) is 0.332. The van der Waals surface area contributed by atoms with Gasteiger partial charge < -0.3 is 4.74 Å². The Hall–Kier alpha value is -4.45. The molecule has 0 saturated carbocycles. The van der Waals surface area contributed by atoms with Crippen LogP contribution in [0.1, 0.15) is 11.3 Å². The number of hydrogen-bond donors (Lipinski definition) is 0. The zero-order chi connectivity index (χ0) is 27.2. The lowest BCUT2D eigenvalue weighted by atomic mass is 9.97. The molecule has 5 rings (SSSR count). The van der Waals surface area contributed by atoms with Crippen molar-refractivity contribution in [3.05, 3.63) is 98.0 Å². The lowest BCUT2D eigenvalue weighted by molar-refractivity contribution is -0.141. The zero-order valence-electron chi connectivity index (χ0n) is 19.9. The van der Waals surface area contributed by atoms with Crippen molar-refractivity contribution in [3.63, 3.8) is 0 Å². The summed E-state index contributed by atoms with van der Waals surface area (Å²) in [5.41, 5.74) is -0.0951. The normalized spacial score (nSPS) is 11.7. The second-order valence-electron chi connectivity index (χ2n) is 8.30. The SMILES string of the molecule is COc1ccc(-c2c(-c3ccc(Cl)cc3)c(=O)n(C)n3c(=O)n(Cc4ccc(C(F)(F)F)nc4)nc23)cn1. The number of ether oxygens (including phenoxy) is 1. The number of methoxy groups -OCH3 is 1. The molecule has 13 heteroatoms. The van der Waals surface area contributed by atoms with Gasteiger partial charge in [0.2, 0.25) is 5.88 Å². The molecule has 1 aromatic carbocycles. The molecule has 194 valence electrons. The molecule has 5 aromatic rings. The van der Waals surface area contributed by atoms with Crippen LogP contribution in [0.25, 0.3) is 27.9 Å². The fourth-order valence-corrected chi connectivity index (χ4v) is 4.19. The summed E-state index contributed by atoms with van der Waals surface area (Å²) in [5.74, 6) is 0.347. The molecule has 0 spiro atoms. The van der Waals surface area contributed by atoms with Gasteiger partial charge in [0, 0.05) is 41.7 Å². The molecule has 0 aliphatic rings. The molecular weight excluding hydrogens is 525 g/mol. The van der Waals surface area contributed by atoms with Gasteiger partial charge in [-0.1, -0.05) is 29.8 Å². The van der Waals surface area contributed by atoms with Gasteiger partial charge in [-0.15, -0.1) is 5.10 Å². The molecule has 0 aliphatic carbocycles. The van der Waals surface area contributed by atoms with E-state index in [1.54, 1.807) is 36.4 Å². The van der Waals surface area contributed by atoms with Crippen molar-refractivity contribution in [2.45, 2.75) is 12.7 Å². The van der Waals surface area contributed by atoms with Crippen LogP contribution in [0.2, 0.25) is 5.02 Å². The third kappa shape index (κ3) is 4.43. The van der Waals surface area contributed by atoms with Crippen LogP contribution in [0.15, 0.2) is 70.5 Å². The Morgan fingerprint density at radius 2 is 1.63 bits per heavy atom. The van der Waals surface area contributed by atoms with Gasteiger partial charge >= 0.3 is 11.9 Å². The van der Waals surface area contributed by atoms with E-state index in [9.17, 15) is 22.8 Å². The number of rotatable bonds is 5. The smallest absolute Gasteiger partial charge is 0.433 e. The highest BCUT2D eigenvalue weighted by Crippen LogP contribution is 2.33. The Labute approximate surface area is 217 Å². The number of aryl methyl sites for hydroxylation is 1. The fraction of sp³-hybridized carbons (Fsp3) is 0.160. The summed E-state index contributed by atoms with van der Waals surface area (Å²) in [7, 11) is 2.90. The van der Waals surface area contributed by atoms with E-state index in [0.717, 1.165) is 26.1 Å². The van der Waals surface area contributed by atoms with Crippen LogP contribution < -0.4 is 16.0 Å². The minimum atomic E-state index is -4.59. The maximum Gasteiger partial charge on any atom is 0.433 e. The molecule has 0 unspecified atom stereocenters. The van der Waals surface area contributed by atoms with Gasteiger partial charge in [0.05, 0.1) is 19.2 Å². The van der Waals surface area contributed by atoms with Crippen LogP contribution in [0.4, 0.5) is 13.2 Å². The highest BCUT2D eigenvalue weighted by atomic mass is 35.5. The van der Waals surface area contributed by atoms with E-state index in [0.29, 0.717) is 33.2 Å². The fourth-order valence-electron chi connectivity index (χ4n) is 4.07. The van der Waals surface area contributed by atoms with Crippen molar-refractivity contribution in [2.75, 3.05) is 7.11 Å². The van der Waals surface area contributed by atoms with E-state index in [4.69, 9.17) is 16.3 Å². The number of nitrogens with zero attached hydrogens (tertiary/aromatic N) is 6. The molecule has 0 atom stereocenters. The maximum absolute atomic E-state index is 13.6. The van der Waals surface area contributed by atoms with Gasteiger partial charge in [0.25, 0.3) is 5.56 Å². The lowest BCUT2D eigenvalue weighted by Crippen LogP contribution is -2.33. The van der Waals surface area contributed by atoms with E-state index < -0.39 is 23.1 Å². The van der Waals surface area contributed by atoms with E-state index in [-0.39, 0.29) is 17.8 Å². The standard InChI is InChI=1S/C25H18ClF3N6O3/c1-33-23(36)21(15-4-7-17(26)8-5-15)20(16-6-10-19(38-2)31-12-16)22-32-34(24(37)35(22)33)13-14-3-9-18(30-11-14)25(27,28)29/h3-12H,13H2,1-2H3. The minimum absolute atomic E-state index is 0.147. The number of benzene rings is 1. The average Bonchev–Trinajstić information content (AvgIpc) is 3.22. The molecule has 9 nitrogen and oxygen atoms in total. The van der Waals surface area contributed by atoms with E-state index >= 15 is 0 Å². The predicted octanol–water partition coefficient (Wildman–Crippen LogP) is 4.05. The third-order valence-corrected chi connectivity index (χ3v) is 6.17. The van der Waals surface area contributed by atoms with Crippen molar-refractivity contribution < 1.29 is 17.9 Å². The Balaban J connectivity index is 1.75. The topological polar surface area (TPSA) is 96.3 Å². The molecule has 0 fully saturated rings. The molecule has 4 aromatic heterocycles. The first-order valence-electron chi connectivity index (χ1n) is 11.1. The van der Waals surface area contributed by atoms with Crippen molar-refractivity contribution in [1.29, 1.82) is 0 Å². The van der Waals surface area contributed by atoms with Gasteiger partial charge in [-0.25, -0.2) is 19.1 Å². The summed E-state index contributed by atoms with van der Waals surface area (Å²) in [6, 6.07) is 12.0. The average molecular weight is 543 g/mol. The van der Waals surface area contributed by atoms with E-state index in [1.807, 2.05) is 0 Å².